The van der Waals surface area contributed by atoms with Gasteiger partial charge >= 0.3 is 39.5 Å². The molecule has 0 aromatic heterocycles. The number of rotatable bonds is 78. The first-order valence-corrected chi connectivity index (χ1v) is 44.1. The number of aliphatic hydroxyl groups is 1. The van der Waals surface area contributed by atoms with Gasteiger partial charge in [-0.25, -0.2) is 9.13 Å². The second kappa shape index (κ2) is 70.7. The summed E-state index contributed by atoms with van der Waals surface area (Å²) in [6, 6.07) is 0. The van der Waals surface area contributed by atoms with Crippen molar-refractivity contribution in [3.63, 3.8) is 0 Å². The quantitative estimate of drug-likeness (QED) is 0.0222. The van der Waals surface area contributed by atoms with E-state index in [0.717, 1.165) is 115 Å². The molecule has 0 saturated heterocycles. The second-order valence-corrected chi connectivity index (χ2v) is 31.8. The van der Waals surface area contributed by atoms with E-state index in [1.165, 1.54) is 218 Å². The average Bonchev–Trinajstić information content (AvgIpc) is 1.00. The number of phosphoric ester groups is 2. The summed E-state index contributed by atoms with van der Waals surface area (Å²) in [5.74, 6) is -0.441. The molecule has 19 heteroatoms. The lowest BCUT2D eigenvalue weighted by Crippen LogP contribution is -2.30. The van der Waals surface area contributed by atoms with Crippen molar-refractivity contribution < 1.29 is 80.2 Å². The summed E-state index contributed by atoms with van der Waals surface area (Å²) < 4.78 is 68.5. The molecule has 0 heterocycles. The number of hydrogen-bond donors (Lipinski definition) is 3. The zero-order chi connectivity index (χ0) is 72.1. The third-order valence-corrected chi connectivity index (χ3v) is 21.1. The van der Waals surface area contributed by atoms with E-state index in [2.05, 4.69) is 41.5 Å². The van der Waals surface area contributed by atoms with Crippen molar-refractivity contribution in [1.82, 2.24) is 0 Å². The molecule has 0 spiro atoms. The Kier molecular flexibility index (Phi) is 69.3. The molecule has 0 bridgehead atoms. The molecule has 0 saturated carbocycles. The number of esters is 4. The van der Waals surface area contributed by atoms with E-state index in [-0.39, 0.29) is 25.7 Å². The van der Waals surface area contributed by atoms with Crippen molar-refractivity contribution in [3.8, 4) is 0 Å². The van der Waals surface area contributed by atoms with Crippen LogP contribution >= 0.6 is 15.6 Å². The van der Waals surface area contributed by atoms with Gasteiger partial charge < -0.3 is 33.8 Å². The Morgan fingerprint density at radius 1 is 0.286 bits per heavy atom. The minimum Gasteiger partial charge on any atom is -0.462 e. The molecule has 0 aromatic rings. The highest BCUT2D eigenvalue weighted by Gasteiger charge is 2.30. The molecular formula is C79H154O17P2. The normalized spacial score (nSPS) is 14.5. The van der Waals surface area contributed by atoms with Crippen molar-refractivity contribution in [2.24, 2.45) is 11.8 Å². The van der Waals surface area contributed by atoms with E-state index in [4.69, 9.17) is 37.0 Å². The average molecular weight is 1440 g/mol. The smallest absolute Gasteiger partial charge is 0.462 e. The van der Waals surface area contributed by atoms with Gasteiger partial charge in [0.05, 0.1) is 26.4 Å². The van der Waals surface area contributed by atoms with Gasteiger partial charge in [0.25, 0.3) is 0 Å². The maximum atomic E-state index is 13.1. The van der Waals surface area contributed by atoms with Crippen LogP contribution in [0.1, 0.15) is 414 Å². The molecule has 0 radical (unpaired) electrons. The Bertz CT molecular complexity index is 1890. The number of hydrogen-bond acceptors (Lipinski definition) is 15. The van der Waals surface area contributed by atoms with Gasteiger partial charge in [-0.15, -0.1) is 0 Å². The Morgan fingerprint density at radius 2 is 0.490 bits per heavy atom. The van der Waals surface area contributed by atoms with Crippen LogP contribution in [0.15, 0.2) is 0 Å². The van der Waals surface area contributed by atoms with Crippen LogP contribution in [-0.4, -0.2) is 96.7 Å². The Balaban J connectivity index is 5.17. The van der Waals surface area contributed by atoms with E-state index in [1.54, 1.807) is 0 Å². The predicted molar refractivity (Wildman–Crippen MR) is 400 cm³/mol. The number of aliphatic hydroxyl groups excluding tert-OH is 1. The van der Waals surface area contributed by atoms with E-state index in [1.807, 2.05) is 0 Å². The van der Waals surface area contributed by atoms with Gasteiger partial charge in [0, 0.05) is 25.7 Å². The highest BCUT2D eigenvalue weighted by Crippen LogP contribution is 2.45. The van der Waals surface area contributed by atoms with Crippen LogP contribution in [0.25, 0.3) is 0 Å². The topological polar surface area (TPSA) is 237 Å². The number of ether oxygens (including phenoxy) is 4. The van der Waals surface area contributed by atoms with Gasteiger partial charge in [-0.3, -0.25) is 37.3 Å². The molecule has 0 aliphatic rings. The molecule has 0 aliphatic heterocycles. The van der Waals surface area contributed by atoms with Crippen LogP contribution in [0.4, 0.5) is 0 Å². The molecule has 4 unspecified atom stereocenters. The predicted octanol–water partition coefficient (Wildman–Crippen LogP) is 23.5. The molecular weight excluding hydrogens is 1280 g/mol. The first-order chi connectivity index (χ1) is 47.4. The zero-order valence-electron chi connectivity index (χ0n) is 64.1. The van der Waals surface area contributed by atoms with Crippen molar-refractivity contribution in [2.75, 3.05) is 39.6 Å². The molecule has 98 heavy (non-hydrogen) atoms. The van der Waals surface area contributed by atoms with Crippen LogP contribution in [0, 0.1) is 11.8 Å². The van der Waals surface area contributed by atoms with Gasteiger partial charge in [-0.05, 0) is 37.5 Å². The van der Waals surface area contributed by atoms with Crippen LogP contribution in [0.3, 0.4) is 0 Å². The molecule has 0 aliphatic carbocycles. The number of phosphoric acid groups is 2. The Hall–Kier alpha value is -1.94. The minimum absolute atomic E-state index is 0.106. The van der Waals surface area contributed by atoms with Crippen LogP contribution in [0.5, 0.6) is 0 Å². The highest BCUT2D eigenvalue weighted by atomic mass is 31.2. The van der Waals surface area contributed by atoms with Crippen LogP contribution in [-0.2, 0) is 65.4 Å². The van der Waals surface area contributed by atoms with Crippen LogP contribution in [0.2, 0.25) is 0 Å². The first-order valence-electron chi connectivity index (χ1n) is 41.1. The summed E-state index contributed by atoms with van der Waals surface area (Å²) in [6.45, 7) is 9.67. The highest BCUT2D eigenvalue weighted by molar-refractivity contribution is 7.47. The molecule has 0 aromatic carbocycles. The number of carbonyl (C=O) groups is 4. The lowest BCUT2D eigenvalue weighted by atomic mass is 9.99. The summed E-state index contributed by atoms with van der Waals surface area (Å²) in [7, 11) is -9.91. The number of unbranched alkanes of at least 4 members (excludes halogenated alkanes) is 46. The molecule has 0 amide bonds. The monoisotopic (exact) mass is 1440 g/mol. The number of carbonyl (C=O) groups excluding carboxylic acids is 4. The minimum atomic E-state index is -4.96. The van der Waals surface area contributed by atoms with Gasteiger partial charge in [0.1, 0.15) is 19.3 Å². The largest absolute Gasteiger partial charge is 0.472 e. The SMILES string of the molecule is CCCCCCCCCCCCCCCCCC(=O)OC[C@H](COP(=O)(O)OC[C@@H](O)COP(=O)(O)OC[C@@H](COC(=O)CCCCCCCCC)OC(=O)CCCCCCCCCCCCC(C)CC)OC(=O)CCCCCCCCCCCCCCCCCCCCC(C)CC. The van der Waals surface area contributed by atoms with Crippen molar-refractivity contribution in [1.29, 1.82) is 0 Å². The summed E-state index contributed by atoms with van der Waals surface area (Å²) in [5, 5.41) is 10.6. The third-order valence-electron chi connectivity index (χ3n) is 19.2. The molecule has 582 valence electrons. The summed E-state index contributed by atoms with van der Waals surface area (Å²) in [5.41, 5.74) is 0. The summed E-state index contributed by atoms with van der Waals surface area (Å²) in [6.07, 6.45) is 59.7. The molecule has 7 atom stereocenters. The summed E-state index contributed by atoms with van der Waals surface area (Å²) >= 11 is 0. The van der Waals surface area contributed by atoms with Gasteiger partial charge in [-0.1, -0.05) is 363 Å². The standard InChI is InChI=1S/C79H154O17P2/c1-7-11-13-15-17-18-19-20-25-29-32-38-44-50-56-62-77(82)90-68-75(96-78(83)63-57-51-45-39-33-30-27-24-22-21-23-26-28-31-36-42-47-53-59-71(5)9-3)70-94-98(87,88)92-66-73(80)65-91-97(85,86)93-69-74(67-89-76(81)61-55-49-41-16-14-12-8-2)95-79(84)64-58-52-46-40-35-34-37-43-48-54-60-72(6)10-4/h71-75,80H,7-70H2,1-6H3,(H,85,86)(H,87,88)/t71?,72?,73-,74+,75+/m0/s1. The third kappa shape index (κ3) is 69.8. The van der Waals surface area contributed by atoms with Crippen molar-refractivity contribution in [3.05, 3.63) is 0 Å². The first kappa shape index (κ1) is 96.1. The van der Waals surface area contributed by atoms with Crippen molar-refractivity contribution >= 4 is 39.5 Å². The maximum Gasteiger partial charge on any atom is 0.472 e. The Labute approximate surface area is 600 Å². The lowest BCUT2D eigenvalue weighted by Gasteiger charge is -2.21. The fourth-order valence-corrected chi connectivity index (χ4v) is 13.7. The molecule has 17 nitrogen and oxygen atoms in total. The van der Waals surface area contributed by atoms with Crippen LogP contribution < -0.4 is 0 Å². The van der Waals surface area contributed by atoms with E-state index in [0.29, 0.717) is 25.7 Å². The Morgan fingerprint density at radius 3 is 0.724 bits per heavy atom. The van der Waals surface area contributed by atoms with Gasteiger partial charge in [0.15, 0.2) is 12.2 Å². The van der Waals surface area contributed by atoms with E-state index >= 15 is 0 Å². The lowest BCUT2D eigenvalue weighted by molar-refractivity contribution is -0.161. The summed E-state index contributed by atoms with van der Waals surface area (Å²) in [4.78, 5) is 72.8. The zero-order valence-corrected chi connectivity index (χ0v) is 65.9. The molecule has 0 rings (SSSR count). The fourth-order valence-electron chi connectivity index (χ4n) is 12.1. The van der Waals surface area contributed by atoms with Crippen molar-refractivity contribution in [2.45, 2.75) is 432 Å². The molecule has 3 N–H and O–H groups in total. The second-order valence-electron chi connectivity index (χ2n) is 28.9. The van der Waals surface area contributed by atoms with E-state index in [9.17, 15) is 43.2 Å². The molecule has 0 fully saturated rings. The maximum absolute atomic E-state index is 13.1. The van der Waals surface area contributed by atoms with Gasteiger partial charge in [0.2, 0.25) is 0 Å². The van der Waals surface area contributed by atoms with E-state index < -0.39 is 97.5 Å². The van der Waals surface area contributed by atoms with Gasteiger partial charge in [-0.2, -0.15) is 0 Å². The fraction of sp³-hybridized carbons (Fsp3) is 0.949.